The first-order valence-electron chi connectivity index (χ1n) is 6.86. The minimum Gasteiger partial charge on any atom is -0.493 e. The van der Waals surface area contributed by atoms with E-state index in [4.69, 9.17) is 28.8 Å². The van der Waals surface area contributed by atoms with Gasteiger partial charge < -0.3 is 28.8 Å². The average Bonchev–Trinajstić information content (AvgIpc) is 2.53. The molecule has 1 aromatic rings. The smallest absolute Gasteiger partial charge is 0.161 e. The average molecular weight is 300 g/mol. The quantitative estimate of drug-likeness (QED) is 0.586. The third kappa shape index (κ3) is 7.29. The fourth-order valence-electron chi connectivity index (χ4n) is 1.61. The number of ether oxygens (including phenoxy) is 5. The van der Waals surface area contributed by atoms with Crippen LogP contribution in [0.15, 0.2) is 18.2 Å². The molecule has 1 rings (SSSR count). The van der Waals surface area contributed by atoms with Crippen LogP contribution in [0.4, 0.5) is 0 Å². The molecular formula is C15H24O6. The van der Waals surface area contributed by atoms with Gasteiger partial charge in [0.2, 0.25) is 0 Å². The highest BCUT2D eigenvalue weighted by atomic mass is 16.6. The Labute approximate surface area is 125 Å². The van der Waals surface area contributed by atoms with Crippen molar-refractivity contribution in [2.24, 2.45) is 0 Å². The molecule has 1 N–H and O–H groups in total. The molecule has 0 heterocycles. The molecule has 0 aliphatic heterocycles. The van der Waals surface area contributed by atoms with Crippen LogP contribution in [0.25, 0.3) is 0 Å². The maximum atomic E-state index is 9.11. The summed E-state index contributed by atoms with van der Waals surface area (Å²) >= 11 is 0. The molecule has 120 valence electrons. The van der Waals surface area contributed by atoms with Crippen molar-refractivity contribution in [3.63, 3.8) is 0 Å². The number of benzene rings is 1. The molecule has 0 unspecified atom stereocenters. The molecule has 0 bridgehead atoms. The highest BCUT2D eigenvalue weighted by molar-refractivity contribution is 5.42. The van der Waals surface area contributed by atoms with Crippen LogP contribution in [0, 0.1) is 0 Å². The van der Waals surface area contributed by atoms with Crippen molar-refractivity contribution in [3.8, 4) is 11.5 Å². The zero-order valence-electron chi connectivity index (χ0n) is 12.7. The Balaban J connectivity index is 2.17. The van der Waals surface area contributed by atoms with E-state index in [1.165, 1.54) is 0 Å². The first-order chi connectivity index (χ1) is 10.3. The van der Waals surface area contributed by atoms with E-state index >= 15 is 0 Å². The van der Waals surface area contributed by atoms with E-state index in [9.17, 15) is 0 Å². The van der Waals surface area contributed by atoms with E-state index in [-0.39, 0.29) is 6.61 Å². The Morgan fingerprint density at radius 1 is 0.857 bits per heavy atom. The third-order valence-corrected chi connectivity index (χ3v) is 2.70. The highest BCUT2D eigenvalue weighted by Gasteiger charge is 2.05. The van der Waals surface area contributed by atoms with Crippen molar-refractivity contribution in [2.75, 3.05) is 53.9 Å². The van der Waals surface area contributed by atoms with Gasteiger partial charge in [0, 0.05) is 7.11 Å². The Bertz CT molecular complexity index is 382. The van der Waals surface area contributed by atoms with E-state index in [0.717, 1.165) is 5.56 Å². The van der Waals surface area contributed by atoms with Gasteiger partial charge in [-0.3, -0.25) is 0 Å². The van der Waals surface area contributed by atoms with Crippen molar-refractivity contribution in [3.05, 3.63) is 23.8 Å². The van der Waals surface area contributed by atoms with Gasteiger partial charge in [0.15, 0.2) is 11.5 Å². The molecule has 0 fully saturated rings. The molecule has 6 nitrogen and oxygen atoms in total. The number of aliphatic hydroxyl groups is 1. The number of hydrogen-bond donors (Lipinski definition) is 1. The number of hydrogen-bond acceptors (Lipinski definition) is 6. The Morgan fingerprint density at radius 3 is 2.14 bits per heavy atom. The van der Waals surface area contributed by atoms with Crippen molar-refractivity contribution in [1.29, 1.82) is 0 Å². The van der Waals surface area contributed by atoms with Gasteiger partial charge in [-0.25, -0.2) is 0 Å². The van der Waals surface area contributed by atoms with Crippen molar-refractivity contribution < 1.29 is 28.8 Å². The Morgan fingerprint density at radius 2 is 1.52 bits per heavy atom. The van der Waals surface area contributed by atoms with Gasteiger partial charge in [-0.2, -0.15) is 0 Å². The molecule has 0 saturated carbocycles. The largest absolute Gasteiger partial charge is 0.493 e. The standard InChI is InChI=1S/C15H24O6/c1-17-5-6-19-7-8-20-9-10-21-15-11-13(12-16)3-4-14(15)18-2/h3-4,11,16H,5-10,12H2,1-2H3. The number of methoxy groups -OCH3 is 2. The molecule has 1 aromatic carbocycles. The van der Waals surface area contributed by atoms with E-state index in [1.54, 1.807) is 32.4 Å². The SMILES string of the molecule is COCCOCCOCCOc1cc(CO)ccc1OC. The predicted octanol–water partition coefficient (Wildman–Crippen LogP) is 1.25. The van der Waals surface area contributed by atoms with E-state index < -0.39 is 0 Å². The number of aliphatic hydroxyl groups excluding tert-OH is 1. The second-order valence-corrected chi connectivity index (χ2v) is 4.21. The normalized spacial score (nSPS) is 10.6. The van der Waals surface area contributed by atoms with Gasteiger partial charge in [0.25, 0.3) is 0 Å². The second-order valence-electron chi connectivity index (χ2n) is 4.21. The van der Waals surface area contributed by atoms with Gasteiger partial charge in [-0.1, -0.05) is 6.07 Å². The van der Waals surface area contributed by atoms with Gasteiger partial charge in [-0.15, -0.1) is 0 Å². The zero-order valence-corrected chi connectivity index (χ0v) is 12.7. The molecule has 0 aliphatic rings. The summed E-state index contributed by atoms with van der Waals surface area (Å²) in [6.45, 7) is 3.04. The van der Waals surface area contributed by atoms with Crippen molar-refractivity contribution in [1.82, 2.24) is 0 Å². The van der Waals surface area contributed by atoms with Gasteiger partial charge >= 0.3 is 0 Å². The maximum Gasteiger partial charge on any atom is 0.161 e. The van der Waals surface area contributed by atoms with Crippen molar-refractivity contribution in [2.45, 2.75) is 6.61 Å². The second kappa shape index (κ2) is 11.3. The molecule has 0 spiro atoms. The highest BCUT2D eigenvalue weighted by Crippen LogP contribution is 2.27. The molecule has 0 radical (unpaired) electrons. The van der Waals surface area contributed by atoms with Crippen LogP contribution in [0.3, 0.4) is 0 Å². The van der Waals surface area contributed by atoms with E-state index in [2.05, 4.69) is 0 Å². The number of rotatable bonds is 12. The van der Waals surface area contributed by atoms with Crippen LogP contribution in [0.2, 0.25) is 0 Å². The molecule has 0 aromatic heterocycles. The predicted molar refractivity (Wildman–Crippen MR) is 77.9 cm³/mol. The van der Waals surface area contributed by atoms with Gasteiger partial charge in [0.05, 0.1) is 46.8 Å². The molecule has 6 heteroatoms. The summed E-state index contributed by atoms with van der Waals surface area (Å²) in [6, 6.07) is 5.32. The molecule has 21 heavy (non-hydrogen) atoms. The van der Waals surface area contributed by atoms with Crippen LogP contribution in [-0.2, 0) is 20.8 Å². The molecule has 0 aliphatic carbocycles. The van der Waals surface area contributed by atoms with E-state index in [0.29, 0.717) is 51.1 Å². The topological polar surface area (TPSA) is 66.4 Å². The lowest BCUT2D eigenvalue weighted by Crippen LogP contribution is -2.12. The summed E-state index contributed by atoms with van der Waals surface area (Å²) in [6.07, 6.45) is 0. The van der Waals surface area contributed by atoms with Crippen LogP contribution >= 0.6 is 0 Å². The molecule has 0 amide bonds. The lowest BCUT2D eigenvalue weighted by atomic mass is 10.2. The first-order valence-corrected chi connectivity index (χ1v) is 6.86. The monoisotopic (exact) mass is 300 g/mol. The summed E-state index contributed by atoms with van der Waals surface area (Å²) in [7, 11) is 3.21. The summed E-state index contributed by atoms with van der Waals surface area (Å²) in [4.78, 5) is 0. The first kappa shape index (κ1) is 17.7. The lowest BCUT2D eigenvalue weighted by Gasteiger charge is -2.12. The summed E-state index contributed by atoms with van der Waals surface area (Å²) in [5, 5.41) is 9.11. The minimum absolute atomic E-state index is 0.0321. The van der Waals surface area contributed by atoms with Gasteiger partial charge in [-0.05, 0) is 17.7 Å². The molecule has 0 atom stereocenters. The van der Waals surface area contributed by atoms with Crippen LogP contribution in [0.1, 0.15) is 5.56 Å². The van der Waals surface area contributed by atoms with E-state index in [1.807, 2.05) is 0 Å². The third-order valence-electron chi connectivity index (χ3n) is 2.70. The lowest BCUT2D eigenvalue weighted by molar-refractivity contribution is 0.0178. The fraction of sp³-hybridized carbons (Fsp3) is 0.600. The molecule has 0 saturated heterocycles. The summed E-state index contributed by atoms with van der Waals surface area (Å²) < 4.78 is 26.3. The summed E-state index contributed by atoms with van der Waals surface area (Å²) in [5.74, 6) is 1.24. The Hall–Kier alpha value is -1.34. The van der Waals surface area contributed by atoms with Crippen LogP contribution in [-0.4, -0.2) is 59.0 Å². The summed E-state index contributed by atoms with van der Waals surface area (Å²) in [5.41, 5.74) is 0.776. The van der Waals surface area contributed by atoms with Crippen molar-refractivity contribution >= 4 is 0 Å². The molecular weight excluding hydrogens is 276 g/mol. The van der Waals surface area contributed by atoms with Gasteiger partial charge in [0.1, 0.15) is 6.61 Å². The zero-order chi connectivity index (χ0) is 15.3. The van der Waals surface area contributed by atoms with Crippen LogP contribution < -0.4 is 9.47 Å². The Kier molecular flexibility index (Phi) is 9.56. The minimum atomic E-state index is -0.0321. The van der Waals surface area contributed by atoms with Crippen LogP contribution in [0.5, 0.6) is 11.5 Å². The fourth-order valence-corrected chi connectivity index (χ4v) is 1.61. The maximum absolute atomic E-state index is 9.11.